The standard InChI is InChI=1S/C9H11N3S2/c1-2-12-8(10-11-9(12)13)5-7-3-4-14-6-7/h3-4,6H,2,5H2,1H3,(H,11,13). The molecular weight excluding hydrogens is 214 g/mol. The number of nitrogens with one attached hydrogen (secondary N) is 1. The molecule has 0 bridgehead atoms. The summed E-state index contributed by atoms with van der Waals surface area (Å²) in [5.74, 6) is 1.01. The summed E-state index contributed by atoms with van der Waals surface area (Å²) in [6.45, 7) is 2.94. The molecule has 0 amide bonds. The molecule has 0 aliphatic rings. The lowest BCUT2D eigenvalue weighted by molar-refractivity contribution is 0.704. The summed E-state index contributed by atoms with van der Waals surface area (Å²) in [6.07, 6.45) is 0.852. The smallest absolute Gasteiger partial charge is 0.195 e. The minimum Gasteiger partial charge on any atom is -0.304 e. The highest BCUT2D eigenvalue weighted by molar-refractivity contribution is 7.71. The van der Waals surface area contributed by atoms with E-state index in [1.54, 1.807) is 11.3 Å². The van der Waals surface area contributed by atoms with Crippen molar-refractivity contribution in [3.63, 3.8) is 0 Å². The van der Waals surface area contributed by atoms with Crippen molar-refractivity contribution in [2.24, 2.45) is 0 Å². The molecule has 14 heavy (non-hydrogen) atoms. The topological polar surface area (TPSA) is 33.6 Å². The van der Waals surface area contributed by atoms with Gasteiger partial charge in [0.05, 0.1) is 0 Å². The molecule has 2 heterocycles. The highest BCUT2D eigenvalue weighted by atomic mass is 32.1. The van der Waals surface area contributed by atoms with E-state index in [1.807, 2.05) is 4.57 Å². The van der Waals surface area contributed by atoms with Crippen molar-refractivity contribution in [1.82, 2.24) is 14.8 Å². The molecule has 0 saturated carbocycles. The van der Waals surface area contributed by atoms with E-state index in [2.05, 4.69) is 33.9 Å². The van der Waals surface area contributed by atoms with Crippen LogP contribution in [-0.2, 0) is 13.0 Å². The van der Waals surface area contributed by atoms with Gasteiger partial charge in [0.2, 0.25) is 0 Å². The van der Waals surface area contributed by atoms with Gasteiger partial charge in [-0.25, -0.2) is 0 Å². The number of aromatic amines is 1. The summed E-state index contributed by atoms with van der Waals surface area (Å²) in [5, 5.41) is 11.2. The van der Waals surface area contributed by atoms with Gasteiger partial charge in [-0.05, 0) is 41.5 Å². The molecule has 0 atom stereocenters. The lowest BCUT2D eigenvalue weighted by Gasteiger charge is -2.00. The molecule has 0 aromatic carbocycles. The Labute approximate surface area is 91.4 Å². The summed E-state index contributed by atoms with van der Waals surface area (Å²) < 4.78 is 2.73. The SMILES string of the molecule is CCn1c(Cc2ccsc2)n[nH]c1=S. The van der Waals surface area contributed by atoms with Crippen molar-refractivity contribution in [3.8, 4) is 0 Å². The predicted molar refractivity (Wildman–Crippen MR) is 60.2 cm³/mol. The molecule has 3 nitrogen and oxygen atoms in total. The third kappa shape index (κ3) is 1.78. The van der Waals surface area contributed by atoms with Gasteiger partial charge in [0.1, 0.15) is 5.82 Å². The zero-order valence-electron chi connectivity index (χ0n) is 7.86. The van der Waals surface area contributed by atoms with Crippen LogP contribution in [0.5, 0.6) is 0 Å². The zero-order valence-corrected chi connectivity index (χ0v) is 9.49. The Morgan fingerprint density at radius 2 is 2.50 bits per heavy atom. The largest absolute Gasteiger partial charge is 0.304 e. The van der Waals surface area contributed by atoms with Crippen LogP contribution in [-0.4, -0.2) is 14.8 Å². The number of hydrogen-bond acceptors (Lipinski definition) is 3. The molecule has 0 spiro atoms. The van der Waals surface area contributed by atoms with Gasteiger partial charge in [0, 0.05) is 13.0 Å². The molecule has 0 fully saturated rings. The molecule has 2 aromatic heterocycles. The Balaban J connectivity index is 2.29. The van der Waals surface area contributed by atoms with Crippen LogP contribution in [0.25, 0.3) is 0 Å². The molecule has 0 saturated heterocycles. The number of thiophene rings is 1. The van der Waals surface area contributed by atoms with E-state index in [-0.39, 0.29) is 0 Å². The van der Waals surface area contributed by atoms with E-state index in [1.165, 1.54) is 5.56 Å². The summed E-state index contributed by atoms with van der Waals surface area (Å²) in [6, 6.07) is 2.11. The van der Waals surface area contributed by atoms with E-state index in [4.69, 9.17) is 12.2 Å². The van der Waals surface area contributed by atoms with Gasteiger partial charge in [0.15, 0.2) is 4.77 Å². The first-order valence-electron chi connectivity index (χ1n) is 4.46. The van der Waals surface area contributed by atoms with E-state index in [0.717, 1.165) is 18.8 Å². The number of hydrogen-bond donors (Lipinski definition) is 1. The fourth-order valence-corrected chi connectivity index (χ4v) is 2.34. The molecule has 0 aliphatic carbocycles. The second kappa shape index (κ2) is 4.06. The minimum atomic E-state index is 0.706. The average Bonchev–Trinajstić information content (AvgIpc) is 2.77. The first kappa shape index (κ1) is 9.61. The van der Waals surface area contributed by atoms with Crippen molar-refractivity contribution in [2.75, 3.05) is 0 Å². The maximum atomic E-state index is 5.12. The number of rotatable bonds is 3. The maximum Gasteiger partial charge on any atom is 0.195 e. The third-order valence-corrected chi connectivity index (χ3v) is 3.14. The quantitative estimate of drug-likeness (QED) is 0.815. The molecule has 1 N–H and O–H groups in total. The van der Waals surface area contributed by atoms with Crippen LogP contribution in [0.4, 0.5) is 0 Å². The molecule has 0 unspecified atom stereocenters. The molecule has 74 valence electrons. The first-order chi connectivity index (χ1) is 6.81. The van der Waals surface area contributed by atoms with Crippen molar-refractivity contribution in [1.29, 1.82) is 0 Å². The Hall–Kier alpha value is -0.940. The van der Waals surface area contributed by atoms with Crippen LogP contribution in [0.3, 0.4) is 0 Å². The van der Waals surface area contributed by atoms with Gasteiger partial charge in [-0.15, -0.1) is 0 Å². The summed E-state index contributed by atoms with van der Waals surface area (Å²) in [4.78, 5) is 0. The van der Waals surface area contributed by atoms with E-state index < -0.39 is 0 Å². The van der Waals surface area contributed by atoms with E-state index >= 15 is 0 Å². The average molecular weight is 225 g/mol. The van der Waals surface area contributed by atoms with Crippen molar-refractivity contribution in [2.45, 2.75) is 19.9 Å². The molecule has 2 aromatic rings. The monoisotopic (exact) mass is 225 g/mol. The first-order valence-corrected chi connectivity index (χ1v) is 5.81. The van der Waals surface area contributed by atoms with Crippen LogP contribution >= 0.6 is 23.6 Å². The fraction of sp³-hybridized carbons (Fsp3) is 0.333. The lowest BCUT2D eigenvalue weighted by atomic mass is 10.2. The van der Waals surface area contributed by atoms with Crippen LogP contribution < -0.4 is 0 Å². The summed E-state index contributed by atoms with van der Waals surface area (Å²) in [7, 11) is 0. The maximum absolute atomic E-state index is 5.12. The van der Waals surface area contributed by atoms with Gasteiger partial charge in [-0.3, -0.25) is 5.10 Å². The molecular formula is C9H11N3S2. The van der Waals surface area contributed by atoms with Crippen LogP contribution in [0.15, 0.2) is 16.8 Å². The van der Waals surface area contributed by atoms with Crippen LogP contribution in [0.1, 0.15) is 18.3 Å². The Morgan fingerprint density at radius 3 is 3.14 bits per heavy atom. The van der Waals surface area contributed by atoms with Crippen molar-refractivity contribution >= 4 is 23.6 Å². The van der Waals surface area contributed by atoms with E-state index in [9.17, 15) is 0 Å². The highest BCUT2D eigenvalue weighted by Crippen LogP contribution is 2.11. The number of aromatic nitrogens is 3. The molecule has 5 heteroatoms. The van der Waals surface area contributed by atoms with Gasteiger partial charge in [-0.1, -0.05) is 0 Å². The third-order valence-electron chi connectivity index (χ3n) is 2.10. The van der Waals surface area contributed by atoms with Gasteiger partial charge in [0.25, 0.3) is 0 Å². The zero-order chi connectivity index (χ0) is 9.97. The number of nitrogens with zero attached hydrogens (tertiary/aromatic N) is 2. The summed E-state index contributed by atoms with van der Waals surface area (Å²) >= 11 is 6.82. The lowest BCUT2D eigenvalue weighted by Crippen LogP contribution is -2.02. The predicted octanol–water partition coefficient (Wildman–Crippen LogP) is 2.61. The second-order valence-corrected chi connectivity index (χ2v) is 4.16. The second-order valence-electron chi connectivity index (χ2n) is 3.00. The fourth-order valence-electron chi connectivity index (χ4n) is 1.39. The summed E-state index contributed by atoms with van der Waals surface area (Å²) in [5.41, 5.74) is 1.29. The van der Waals surface area contributed by atoms with Crippen LogP contribution in [0.2, 0.25) is 0 Å². The van der Waals surface area contributed by atoms with Gasteiger partial charge < -0.3 is 4.57 Å². The van der Waals surface area contributed by atoms with Crippen molar-refractivity contribution in [3.05, 3.63) is 33.0 Å². The molecule has 2 rings (SSSR count). The van der Waals surface area contributed by atoms with Gasteiger partial charge >= 0.3 is 0 Å². The Morgan fingerprint density at radius 1 is 1.64 bits per heavy atom. The van der Waals surface area contributed by atoms with Gasteiger partial charge in [-0.2, -0.15) is 16.4 Å². The van der Waals surface area contributed by atoms with E-state index in [0.29, 0.717) is 4.77 Å². The number of H-pyrrole nitrogens is 1. The Bertz CT molecular complexity index is 453. The normalized spacial score (nSPS) is 10.6. The van der Waals surface area contributed by atoms with Crippen molar-refractivity contribution < 1.29 is 0 Å². The van der Waals surface area contributed by atoms with Crippen LogP contribution in [0, 0.1) is 4.77 Å². The molecule has 0 radical (unpaired) electrons. The molecule has 0 aliphatic heterocycles. The Kier molecular flexibility index (Phi) is 2.79. The minimum absolute atomic E-state index is 0.706. The highest BCUT2D eigenvalue weighted by Gasteiger charge is 2.05.